The molecule has 132 valence electrons. The SMILES string of the molecule is O=C(NC[C@H]1OC[C@@H]2CN(Cc3ccoc3)CC[C@@H]21)c1cccnc1. The molecule has 2 saturated heterocycles. The van der Waals surface area contributed by atoms with Crippen LogP contribution in [0, 0.1) is 11.8 Å². The molecule has 2 aliphatic rings. The predicted octanol–water partition coefficient (Wildman–Crippen LogP) is 1.94. The number of amides is 1. The second kappa shape index (κ2) is 7.37. The van der Waals surface area contributed by atoms with Crippen molar-refractivity contribution in [3.8, 4) is 0 Å². The van der Waals surface area contributed by atoms with Gasteiger partial charge in [-0.1, -0.05) is 0 Å². The average Bonchev–Trinajstić information content (AvgIpc) is 3.30. The number of likely N-dealkylation sites (tertiary alicyclic amines) is 1. The molecular formula is C19H23N3O3. The van der Waals surface area contributed by atoms with Gasteiger partial charge in [-0.25, -0.2) is 0 Å². The van der Waals surface area contributed by atoms with Crippen molar-refractivity contribution in [2.75, 3.05) is 26.2 Å². The molecule has 4 rings (SSSR count). The van der Waals surface area contributed by atoms with Crippen molar-refractivity contribution in [1.29, 1.82) is 0 Å². The quantitative estimate of drug-likeness (QED) is 0.900. The number of fused-ring (bicyclic) bond motifs is 1. The van der Waals surface area contributed by atoms with Crippen LogP contribution in [0.25, 0.3) is 0 Å². The van der Waals surface area contributed by atoms with Gasteiger partial charge in [-0.05, 0) is 37.1 Å². The lowest BCUT2D eigenvalue weighted by molar-refractivity contribution is 0.0743. The number of pyridine rings is 1. The van der Waals surface area contributed by atoms with E-state index in [0.29, 0.717) is 23.9 Å². The van der Waals surface area contributed by atoms with Crippen LogP contribution in [0.3, 0.4) is 0 Å². The van der Waals surface area contributed by atoms with Gasteiger partial charge in [0.1, 0.15) is 0 Å². The molecule has 0 aliphatic carbocycles. The number of nitrogens with zero attached hydrogens (tertiary/aromatic N) is 2. The molecule has 3 atom stereocenters. The Bertz CT molecular complexity index is 689. The van der Waals surface area contributed by atoms with Gasteiger partial charge in [0.2, 0.25) is 0 Å². The van der Waals surface area contributed by atoms with Crippen LogP contribution in [-0.4, -0.2) is 48.1 Å². The molecule has 4 heterocycles. The molecule has 1 amide bonds. The van der Waals surface area contributed by atoms with Crippen molar-refractivity contribution >= 4 is 5.91 Å². The number of carbonyl (C=O) groups excluding carboxylic acids is 1. The van der Waals surface area contributed by atoms with E-state index in [1.807, 2.05) is 12.3 Å². The zero-order valence-corrected chi connectivity index (χ0v) is 14.1. The Labute approximate surface area is 147 Å². The van der Waals surface area contributed by atoms with Crippen LogP contribution in [0.2, 0.25) is 0 Å². The highest BCUT2D eigenvalue weighted by Gasteiger charge is 2.40. The van der Waals surface area contributed by atoms with E-state index in [9.17, 15) is 4.79 Å². The molecule has 6 heteroatoms. The summed E-state index contributed by atoms with van der Waals surface area (Å²) in [5.74, 6) is 0.980. The van der Waals surface area contributed by atoms with Crippen molar-refractivity contribution in [2.24, 2.45) is 11.8 Å². The van der Waals surface area contributed by atoms with Gasteiger partial charge in [0.05, 0.1) is 30.8 Å². The number of nitrogens with one attached hydrogen (secondary N) is 1. The summed E-state index contributed by atoms with van der Waals surface area (Å²) in [5.41, 5.74) is 1.81. The van der Waals surface area contributed by atoms with E-state index in [1.54, 1.807) is 30.8 Å². The molecule has 2 aromatic rings. The average molecular weight is 341 g/mol. The first kappa shape index (κ1) is 16.3. The first-order valence-electron chi connectivity index (χ1n) is 8.83. The number of hydrogen-bond acceptors (Lipinski definition) is 5. The third kappa shape index (κ3) is 3.75. The highest BCUT2D eigenvalue weighted by Crippen LogP contribution is 2.34. The molecule has 0 aromatic carbocycles. The van der Waals surface area contributed by atoms with Crippen LogP contribution in [0.5, 0.6) is 0 Å². The summed E-state index contributed by atoms with van der Waals surface area (Å²) >= 11 is 0. The van der Waals surface area contributed by atoms with Crippen LogP contribution >= 0.6 is 0 Å². The summed E-state index contributed by atoms with van der Waals surface area (Å²) in [6, 6.07) is 5.57. The maximum Gasteiger partial charge on any atom is 0.252 e. The molecule has 1 N–H and O–H groups in total. The van der Waals surface area contributed by atoms with E-state index in [0.717, 1.165) is 32.7 Å². The Kier molecular flexibility index (Phi) is 4.81. The lowest BCUT2D eigenvalue weighted by Gasteiger charge is -2.35. The first-order chi connectivity index (χ1) is 12.3. The number of rotatable bonds is 5. The van der Waals surface area contributed by atoms with Crippen molar-refractivity contribution in [3.05, 3.63) is 54.2 Å². The Morgan fingerprint density at radius 1 is 1.40 bits per heavy atom. The maximum atomic E-state index is 12.2. The summed E-state index contributed by atoms with van der Waals surface area (Å²) < 4.78 is 11.1. The van der Waals surface area contributed by atoms with Crippen molar-refractivity contribution in [1.82, 2.24) is 15.2 Å². The summed E-state index contributed by atoms with van der Waals surface area (Å²) in [4.78, 5) is 18.6. The highest BCUT2D eigenvalue weighted by atomic mass is 16.5. The number of hydrogen-bond donors (Lipinski definition) is 1. The molecule has 0 saturated carbocycles. The molecule has 0 unspecified atom stereocenters. The Balaban J connectivity index is 1.28. The van der Waals surface area contributed by atoms with Gasteiger partial charge in [-0.15, -0.1) is 0 Å². The Hall–Kier alpha value is -2.18. The van der Waals surface area contributed by atoms with E-state index in [1.165, 1.54) is 5.56 Å². The highest BCUT2D eigenvalue weighted by molar-refractivity contribution is 5.93. The van der Waals surface area contributed by atoms with Gasteiger partial charge in [-0.2, -0.15) is 0 Å². The van der Waals surface area contributed by atoms with Gasteiger partial charge in [0, 0.05) is 43.5 Å². The van der Waals surface area contributed by atoms with E-state index in [2.05, 4.69) is 15.2 Å². The van der Waals surface area contributed by atoms with Gasteiger partial charge in [0.25, 0.3) is 5.91 Å². The standard InChI is InChI=1S/C19H23N3O3/c23-19(15-2-1-5-20-8-15)21-9-18-17-3-6-22(11-16(17)13-25-18)10-14-4-7-24-12-14/h1-2,4-5,7-8,12,16-18H,3,6,9-11,13H2,(H,21,23)/t16-,17-,18+/m0/s1. The van der Waals surface area contributed by atoms with Crippen LogP contribution in [-0.2, 0) is 11.3 Å². The topological polar surface area (TPSA) is 67.6 Å². The number of aromatic nitrogens is 1. The molecule has 2 aliphatic heterocycles. The van der Waals surface area contributed by atoms with Crippen LogP contribution in [0.1, 0.15) is 22.3 Å². The Morgan fingerprint density at radius 2 is 2.36 bits per heavy atom. The normalized spacial score (nSPS) is 26.3. The zero-order valence-electron chi connectivity index (χ0n) is 14.1. The monoisotopic (exact) mass is 341 g/mol. The molecule has 0 radical (unpaired) electrons. The minimum atomic E-state index is -0.0856. The van der Waals surface area contributed by atoms with E-state index in [-0.39, 0.29) is 12.0 Å². The molecule has 6 nitrogen and oxygen atoms in total. The Morgan fingerprint density at radius 3 is 3.16 bits per heavy atom. The van der Waals surface area contributed by atoms with Gasteiger partial charge < -0.3 is 14.5 Å². The summed E-state index contributed by atoms with van der Waals surface area (Å²) in [7, 11) is 0. The predicted molar refractivity (Wildman–Crippen MR) is 91.9 cm³/mol. The summed E-state index contributed by atoms with van der Waals surface area (Å²) in [6.45, 7) is 4.38. The van der Waals surface area contributed by atoms with E-state index >= 15 is 0 Å². The molecule has 0 spiro atoms. The van der Waals surface area contributed by atoms with Crippen LogP contribution in [0.15, 0.2) is 47.5 Å². The molecule has 2 fully saturated rings. The number of carbonyl (C=O) groups is 1. The summed E-state index contributed by atoms with van der Waals surface area (Å²) in [5, 5.41) is 2.99. The fraction of sp³-hybridized carbons (Fsp3) is 0.474. The maximum absolute atomic E-state index is 12.2. The minimum absolute atomic E-state index is 0.0856. The van der Waals surface area contributed by atoms with Gasteiger partial charge >= 0.3 is 0 Å². The number of furan rings is 1. The second-order valence-corrected chi connectivity index (χ2v) is 6.90. The molecule has 25 heavy (non-hydrogen) atoms. The van der Waals surface area contributed by atoms with Crippen molar-refractivity contribution in [2.45, 2.75) is 19.1 Å². The zero-order chi connectivity index (χ0) is 17.1. The number of piperidine rings is 1. The van der Waals surface area contributed by atoms with Crippen molar-refractivity contribution < 1.29 is 13.9 Å². The lowest BCUT2D eigenvalue weighted by Crippen LogP contribution is -2.43. The largest absolute Gasteiger partial charge is 0.472 e. The second-order valence-electron chi connectivity index (χ2n) is 6.90. The summed E-state index contributed by atoms with van der Waals surface area (Å²) in [6.07, 6.45) is 8.01. The smallest absolute Gasteiger partial charge is 0.252 e. The lowest BCUT2D eigenvalue weighted by atomic mass is 9.84. The van der Waals surface area contributed by atoms with Crippen LogP contribution in [0.4, 0.5) is 0 Å². The fourth-order valence-corrected chi connectivity index (χ4v) is 3.95. The molecule has 2 aromatic heterocycles. The molecular weight excluding hydrogens is 318 g/mol. The van der Waals surface area contributed by atoms with Gasteiger partial charge in [-0.3, -0.25) is 14.7 Å². The minimum Gasteiger partial charge on any atom is -0.472 e. The third-order valence-electron chi connectivity index (χ3n) is 5.25. The fourth-order valence-electron chi connectivity index (χ4n) is 3.95. The first-order valence-corrected chi connectivity index (χ1v) is 8.83. The number of ether oxygens (including phenoxy) is 1. The van der Waals surface area contributed by atoms with Crippen molar-refractivity contribution in [3.63, 3.8) is 0 Å². The van der Waals surface area contributed by atoms with Gasteiger partial charge in [0.15, 0.2) is 0 Å². The van der Waals surface area contributed by atoms with Crippen LogP contribution < -0.4 is 5.32 Å². The third-order valence-corrected chi connectivity index (χ3v) is 5.25. The van der Waals surface area contributed by atoms with E-state index in [4.69, 9.17) is 9.15 Å². The molecule has 0 bridgehead atoms. The van der Waals surface area contributed by atoms with E-state index < -0.39 is 0 Å².